The zero-order chi connectivity index (χ0) is 18.5. The molecule has 0 unspecified atom stereocenters. The summed E-state index contributed by atoms with van der Waals surface area (Å²) < 4.78 is 5.01. The highest BCUT2D eigenvalue weighted by molar-refractivity contribution is 6.29. The van der Waals surface area contributed by atoms with Gasteiger partial charge in [-0.05, 0) is 31.9 Å². The molecule has 0 atom stereocenters. The Labute approximate surface area is 158 Å². The maximum atomic E-state index is 12.8. The highest BCUT2D eigenvalue weighted by Crippen LogP contribution is 2.24. The summed E-state index contributed by atoms with van der Waals surface area (Å²) in [5, 5.41) is 8.35. The average Bonchev–Trinajstić information content (AvgIpc) is 2.68. The van der Waals surface area contributed by atoms with Gasteiger partial charge >= 0.3 is 6.09 Å². The van der Waals surface area contributed by atoms with Crippen molar-refractivity contribution in [3.63, 3.8) is 0 Å². The summed E-state index contributed by atoms with van der Waals surface area (Å²) in [5.74, 6) is 1.01. The number of nitrogens with zero attached hydrogens (tertiary/aromatic N) is 5. The molecule has 3 rings (SSSR count). The molecule has 2 saturated heterocycles. The quantitative estimate of drug-likeness (QED) is 0.792. The summed E-state index contributed by atoms with van der Waals surface area (Å²) in [6.45, 7) is 5.91. The molecule has 1 aromatic heterocycles. The summed E-state index contributed by atoms with van der Waals surface area (Å²) in [6.07, 6.45) is 1.29. The molecule has 2 amide bonds. The predicted molar refractivity (Wildman–Crippen MR) is 97.2 cm³/mol. The maximum Gasteiger partial charge on any atom is 0.409 e. The first-order valence-electron chi connectivity index (χ1n) is 9.03. The van der Waals surface area contributed by atoms with Crippen LogP contribution in [-0.2, 0) is 9.53 Å². The molecule has 2 fully saturated rings. The topological polar surface area (TPSA) is 78.9 Å². The van der Waals surface area contributed by atoms with Gasteiger partial charge in [-0.25, -0.2) is 4.79 Å². The van der Waals surface area contributed by atoms with Crippen LogP contribution in [0, 0.1) is 5.92 Å². The van der Waals surface area contributed by atoms with Crippen LogP contribution in [0.15, 0.2) is 12.1 Å². The van der Waals surface area contributed by atoms with Gasteiger partial charge in [0.1, 0.15) is 0 Å². The van der Waals surface area contributed by atoms with Crippen molar-refractivity contribution in [3.05, 3.63) is 17.3 Å². The van der Waals surface area contributed by atoms with Crippen molar-refractivity contribution in [2.75, 3.05) is 50.8 Å². The highest BCUT2D eigenvalue weighted by atomic mass is 35.5. The summed E-state index contributed by atoms with van der Waals surface area (Å²) in [5.41, 5.74) is 0. The molecule has 3 heterocycles. The van der Waals surface area contributed by atoms with E-state index in [-0.39, 0.29) is 17.9 Å². The van der Waals surface area contributed by atoms with Crippen LogP contribution >= 0.6 is 11.6 Å². The van der Waals surface area contributed by atoms with Crippen LogP contribution in [0.1, 0.15) is 19.8 Å². The first kappa shape index (κ1) is 18.7. The average molecular weight is 382 g/mol. The standard InChI is InChI=1S/C17H24ClN5O3/c1-2-26-17(25)23-11-9-22(10-12-23)16(24)13-5-7-21(8-6-13)15-4-3-14(18)19-20-15/h3-4,13H,2,5-12H2,1H3. The molecule has 9 heteroatoms. The number of piperidine rings is 1. The van der Waals surface area contributed by atoms with Gasteiger partial charge in [0.15, 0.2) is 11.0 Å². The molecule has 0 bridgehead atoms. The van der Waals surface area contributed by atoms with Gasteiger partial charge in [0, 0.05) is 45.2 Å². The lowest BCUT2D eigenvalue weighted by atomic mass is 9.95. The number of anilines is 1. The number of halogens is 1. The van der Waals surface area contributed by atoms with Crippen molar-refractivity contribution < 1.29 is 14.3 Å². The number of rotatable bonds is 3. The summed E-state index contributed by atoms with van der Waals surface area (Å²) >= 11 is 5.77. The third kappa shape index (κ3) is 4.35. The van der Waals surface area contributed by atoms with E-state index in [4.69, 9.17) is 16.3 Å². The van der Waals surface area contributed by atoms with Gasteiger partial charge in [-0.3, -0.25) is 4.79 Å². The lowest BCUT2D eigenvalue weighted by Crippen LogP contribution is -2.53. The number of carbonyl (C=O) groups excluding carboxylic acids is 2. The summed E-state index contributed by atoms with van der Waals surface area (Å²) in [6, 6.07) is 3.58. The number of carbonyl (C=O) groups is 2. The Kier molecular flexibility index (Phi) is 6.13. The molecule has 8 nitrogen and oxygen atoms in total. The fourth-order valence-electron chi connectivity index (χ4n) is 3.42. The second-order valence-electron chi connectivity index (χ2n) is 6.49. The van der Waals surface area contributed by atoms with Crippen LogP contribution in [-0.4, -0.2) is 77.9 Å². The highest BCUT2D eigenvalue weighted by Gasteiger charge is 2.31. The molecule has 2 aliphatic heterocycles. The van der Waals surface area contributed by atoms with Crippen molar-refractivity contribution in [3.8, 4) is 0 Å². The molecule has 0 spiro atoms. The molecular weight excluding hydrogens is 358 g/mol. The van der Waals surface area contributed by atoms with Gasteiger partial charge in [-0.2, -0.15) is 0 Å². The lowest BCUT2D eigenvalue weighted by molar-refractivity contribution is -0.137. The van der Waals surface area contributed by atoms with Gasteiger partial charge in [0.05, 0.1) is 6.61 Å². The van der Waals surface area contributed by atoms with Crippen LogP contribution < -0.4 is 4.90 Å². The van der Waals surface area contributed by atoms with Gasteiger partial charge in [-0.15, -0.1) is 10.2 Å². The van der Waals surface area contributed by atoms with Crippen LogP contribution in [0.2, 0.25) is 5.15 Å². The Morgan fingerprint density at radius 2 is 1.73 bits per heavy atom. The third-order valence-corrected chi connectivity index (χ3v) is 5.11. The Morgan fingerprint density at radius 3 is 2.31 bits per heavy atom. The van der Waals surface area contributed by atoms with Gasteiger partial charge < -0.3 is 19.4 Å². The van der Waals surface area contributed by atoms with Crippen molar-refractivity contribution in [1.29, 1.82) is 0 Å². The van der Waals surface area contributed by atoms with E-state index in [1.165, 1.54) is 0 Å². The molecule has 1 aromatic rings. The Bertz CT molecular complexity index is 626. The van der Waals surface area contributed by atoms with Gasteiger partial charge in [-0.1, -0.05) is 11.6 Å². The van der Waals surface area contributed by atoms with Crippen molar-refractivity contribution in [2.24, 2.45) is 5.92 Å². The van der Waals surface area contributed by atoms with Gasteiger partial charge in [0.25, 0.3) is 0 Å². The lowest BCUT2D eigenvalue weighted by Gasteiger charge is -2.38. The number of amides is 2. The molecule has 2 aliphatic rings. The fourth-order valence-corrected chi connectivity index (χ4v) is 3.52. The fraction of sp³-hybridized carbons (Fsp3) is 0.647. The number of aromatic nitrogens is 2. The monoisotopic (exact) mass is 381 g/mol. The van der Waals surface area contributed by atoms with E-state index in [1.807, 2.05) is 11.0 Å². The minimum atomic E-state index is -0.294. The van der Waals surface area contributed by atoms with Crippen LogP contribution in [0.4, 0.5) is 10.6 Å². The first-order valence-corrected chi connectivity index (χ1v) is 9.41. The van der Waals surface area contributed by atoms with E-state index in [1.54, 1.807) is 17.9 Å². The van der Waals surface area contributed by atoms with Crippen molar-refractivity contribution >= 4 is 29.4 Å². The van der Waals surface area contributed by atoms with E-state index in [2.05, 4.69) is 15.1 Å². The number of hydrogen-bond acceptors (Lipinski definition) is 6. The van der Waals surface area contributed by atoms with Crippen molar-refractivity contribution in [2.45, 2.75) is 19.8 Å². The number of ether oxygens (including phenoxy) is 1. The minimum absolute atomic E-state index is 0.0284. The molecule has 142 valence electrons. The summed E-state index contributed by atoms with van der Waals surface area (Å²) in [7, 11) is 0. The van der Waals surface area contributed by atoms with Gasteiger partial charge in [0.2, 0.25) is 5.91 Å². The molecule has 26 heavy (non-hydrogen) atoms. The molecule has 0 aliphatic carbocycles. The van der Waals surface area contributed by atoms with E-state index in [0.29, 0.717) is 37.9 Å². The van der Waals surface area contributed by atoms with E-state index >= 15 is 0 Å². The number of hydrogen-bond donors (Lipinski definition) is 0. The Hall–Kier alpha value is -2.09. The Morgan fingerprint density at radius 1 is 1.08 bits per heavy atom. The minimum Gasteiger partial charge on any atom is -0.450 e. The van der Waals surface area contributed by atoms with Crippen LogP contribution in [0.3, 0.4) is 0 Å². The molecule has 0 radical (unpaired) electrons. The van der Waals surface area contributed by atoms with E-state index in [0.717, 1.165) is 31.7 Å². The molecule has 0 N–H and O–H groups in total. The van der Waals surface area contributed by atoms with Crippen LogP contribution in [0.25, 0.3) is 0 Å². The Balaban J connectivity index is 1.47. The number of piperazine rings is 1. The molecule has 0 aromatic carbocycles. The first-order chi connectivity index (χ1) is 12.6. The zero-order valence-electron chi connectivity index (χ0n) is 14.9. The summed E-state index contributed by atoms with van der Waals surface area (Å²) in [4.78, 5) is 30.2. The normalized spacial score (nSPS) is 18.8. The smallest absolute Gasteiger partial charge is 0.409 e. The van der Waals surface area contributed by atoms with Crippen LogP contribution in [0.5, 0.6) is 0 Å². The second-order valence-corrected chi connectivity index (χ2v) is 6.87. The zero-order valence-corrected chi connectivity index (χ0v) is 15.7. The third-order valence-electron chi connectivity index (χ3n) is 4.90. The maximum absolute atomic E-state index is 12.8. The molecule has 0 saturated carbocycles. The predicted octanol–water partition coefficient (Wildman–Crippen LogP) is 1.65. The SMILES string of the molecule is CCOC(=O)N1CCN(C(=O)C2CCN(c3ccc(Cl)nn3)CC2)CC1. The van der Waals surface area contributed by atoms with Crippen molar-refractivity contribution in [1.82, 2.24) is 20.0 Å². The van der Waals surface area contributed by atoms with E-state index in [9.17, 15) is 9.59 Å². The van der Waals surface area contributed by atoms with E-state index < -0.39 is 0 Å². The second kappa shape index (κ2) is 8.53. The molecular formula is C17H24ClN5O3. The largest absolute Gasteiger partial charge is 0.450 e.